The van der Waals surface area contributed by atoms with E-state index in [1.54, 1.807) is 5.57 Å². The number of hydrogen-bond donors (Lipinski definition) is 0. The lowest BCUT2D eigenvalue weighted by molar-refractivity contribution is -0.145. The SMILES string of the molecule is CC1=CC[C@H]2[C@]3(C)CCCC(C)(C)[C@H]3CC[C@]2(C)[C@H]1CC/C(=C/CC/C(C)=C/CO[Si](c1ccccc1)(c1ccccc1)C(C)(C)C)CCl. The second kappa shape index (κ2) is 15.4. The van der Waals surface area contributed by atoms with Gasteiger partial charge in [-0.1, -0.05) is 150 Å². The lowest BCUT2D eigenvalue weighted by atomic mass is 9.39. The van der Waals surface area contributed by atoms with Crippen LogP contribution in [-0.4, -0.2) is 20.8 Å². The molecule has 0 bridgehead atoms. The zero-order valence-electron chi connectivity index (χ0n) is 32.5. The maximum atomic E-state index is 7.13. The minimum absolute atomic E-state index is 0.0115. The van der Waals surface area contributed by atoms with Crippen LogP contribution in [0.25, 0.3) is 0 Å². The summed E-state index contributed by atoms with van der Waals surface area (Å²) in [4.78, 5) is 0. The quantitative estimate of drug-likeness (QED) is 0.122. The molecule has 0 amide bonds. The molecule has 49 heavy (non-hydrogen) atoms. The molecule has 0 aliphatic heterocycles. The second-order valence-electron chi connectivity index (χ2n) is 18.3. The van der Waals surface area contributed by atoms with Gasteiger partial charge in [0.1, 0.15) is 0 Å². The van der Waals surface area contributed by atoms with E-state index in [0.717, 1.165) is 31.1 Å². The molecule has 0 unspecified atom stereocenters. The number of rotatable bonds is 12. The standard InChI is InChI=1S/C46H67ClOSi/c1-35(29-33-48-49(43(3,4)5,38-20-12-10-13-21-38)39-22-14-11-15-23-39)18-16-19-37(34-47)25-26-40-36(2)24-27-42-45(40,8)32-28-41-44(6,7)30-17-31-46(41,42)9/h10-15,19-24,29,40-42H,16-18,25-28,30-34H2,1-9H3/b35-29+,37-19-/t40-,41+,42+,45+,46+/m0/s1. The highest BCUT2D eigenvalue weighted by molar-refractivity contribution is 6.99. The van der Waals surface area contributed by atoms with E-state index in [1.807, 2.05) is 0 Å². The van der Waals surface area contributed by atoms with E-state index in [1.165, 1.54) is 66.5 Å². The van der Waals surface area contributed by atoms with E-state index in [4.69, 9.17) is 16.0 Å². The third kappa shape index (κ3) is 7.68. The van der Waals surface area contributed by atoms with E-state index in [-0.39, 0.29) is 5.04 Å². The molecule has 2 aromatic rings. The van der Waals surface area contributed by atoms with E-state index in [0.29, 0.717) is 34.6 Å². The molecule has 2 saturated carbocycles. The van der Waals surface area contributed by atoms with Crippen molar-refractivity contribution in [1.29, 1.82) is 0 Å². The van der Waals surface area contributed by atoms with Crippen molar-refractivity contribution in [3.8, 4) is 0 Å². The predicted octanol–water partition coefficient (Wildman–Crippen LogP) is 12.4. The van der Waals surface area contributed by atoms with Crippen LogP contribution in [0, 0.1) is 34.0 Å². The van der Waals surface area contributed by atoms with Gasteiger partial charge in [0.05, 0.1) is 6.61 Å². The van der Waals surface area contributed by atoms with Crippen LogP contribution in [-0.2, 0) is 4.43 Å². The van der Waals surface area contributed by atoms with Crippen molar-refractivity contribution in [3.05, 3.63) is 95.6 Å². The lowest BCUT2D eigenvalue weighted by Gasteiger charge is -2.65. The fourth-order valence-electron chi connectivity index (χ4n) is 11.4. The molecule has 2 fully saturated rings. The van der Waals surface area contributed by atoms with Crippen LogP contribution in [0.4, 0.5) is 0 Å². The van der Waals surface area contributed by atoms with Crippen LogP contribution in [0.15, 0.2) is 95.6 Å². The maximum Gasteiger partial charge on any atom is 0.261 e. The van der Waals surface area contributed by atoms with Gasteiger partial charge in [-0.3, -0.25) is 0 Å². The molecule has 3 heteroatoms. The van der Waals surface area contributed by atoms with E-state index >= 15 is 0 Å². The van der Waals surface area contributed by atoms with Gasteiger partial charge in [-0.05, 0) is 121 Å². The topological polar surface area (TPSA) is 9.23 Å². The Labute approximate surface area is 307 Å². The van der Waals surface area contributed by atoms with Gasteiger partial charge in [0.2, 0.25) is 0 Å². The van der Waals surface area contributed by atoms with Crippen LogP contribution < -0.4 is 10.4 Å². The molecule has 2 aromatic carbocycles. The molecule has 0 aromatic heterocycles. The molecule has 0 heterocycles. The molecule has 3 aliphatic carbocycles. The van der Waals surface area contributed by atoms with Gasteiger partial charge >= 0.3 is 0 Å². The largest absolute Gasteiger partial charge is 0.404 e. The van der Waals surface area contributed by atoms with Crippen molar-refractivity contribution in [3.63, 3.8) is 0 Å². The van der Waals surface area contributed by atoms with Gasteiger partial charge in [-0.15, -0.1) is 11.6 Å². The van der Waals surface area contributed by atoms with Crippen molar-refractivity contribution in [2.24, 2.45) is 34.0 Å². The molecule has 0 radical (unpaired) electrons. The van der Waals surface area contributed by atoms with Crippen molar-refractivity contribution < 1.29 is 4.43 Å². The average molecular weight is 700 g/mol. The molecule has 5 atom stereocenters. The maximum absolute atomic E-state index is 7.13. The van der Waals surface area contributed by atoms with Crippen LogP contribution in [0.3, 0.4) is 0 Å². The Kier molecular flexibility index (Phi) is 12.0. The smallest absolute Gasteiger partial charge is 0.261 e. The minimum Gasteiger partial charge on any atom is -0.404 e. The first kappa shape index (κ1) is 38.4. The molecule has 0 saturated heterocycles. The summed E-state index contributed by atoms with van der Waals surface area (Å²) in [5.41, 5.74) is 5.82. The van der Waals surface area contributed by atoms with E-state index in [2.05, 4.69) is 141 Å². The zero-order chi connectivity index (χ0) is 35.5. The Hall–Kier alpha value is -1.87. The fraction of sp³-hybridized carbons (Fsp3) is 0.609. The number of allylic oxidation sites excluding steroid dienone is 5. The predicted molar refractivity (Wildman–Crippen MR) is 217 cm³/mol. The highest BCUT2D eigenvalue weighted by atomic mass is 35.5. The summed E-state index contributed by atoms with van der Waals surface area (Å²) in [5.74, 6) is 2.97. The first-order chi connectivity index (χ1) is 23.2. The van der Waals surface area contributed by atoms with Gasteiger partial charge in [0.15, 0.2) is 0 Å². The molecule has 268 valence electrons. The highest BCUT2D eigenvalue weighted by Crippen LogP contribution is 2.68. The lowest BCUT2D eigenvalue weighted by Crippen LogP contribution is -2.66. The highest BCUT2D eigenvalue weighted by Gasteiger charge is 2.60. The summed E-state index contributed by atoms with van der Waals surface area (Å²) in [6, 6.07) is 21.9. The third-order valence-electron chi connectivity index (χ3n) is 13.9. The zero-order valence-corrected chi connectivity index (χ0v) is 34.3. The van der Waals surface area contributed by atoms with Gasteiger partial charge in [-0.25, -0.2) is 0 Å². The van der Waals surface area contributed by atoms with E-state index in [9.17, 15) is 0 Å². The van der Waals surface area contributed by atoms with Crippen molar-refractivity contribution >= 4 is 30.3 Å². The second-order valence-corrected chi connectivity index (χ2v) is 22.9. The first-order valence-electron chi connectivity index (χ1n) is 19.5. The Morgan fingerprint density at radius 3 is 2.08 bits per heavy atom. The van der Waals surface area contributed by atoms with Crippen molar-refractivity contribution in [2.45, 2.75) is 132 Å². The van der Waals surface area contributed by atoms with Crippen LogP contribution in [0.2, 0.25) is 5.04 Å². The summed E-state index contributed by atoms with van der Waals surface area (Å²) in [5, 5.41) is 2.66. The number of hydrogen-bond acceptors (Lipinski definition) is 1. The Morgan fingerprint density at radius 1 is 0.857 bits per heavy atom. The Morgan fingerprint density at radius 2 is 1.49 bits per heavy atom. The molecule has 3 aliphatic rings. The van der Waals surface area contributed by atoms with Crippen LogP contribution in [0.1, 0.15) is 127 Å². The van der Waals surface area contributed by atoms with Crippen LogP contribution in [0.5, 0.6) is 0 Å². The summed E-state index contributed by atoms with van der Waals surface area (Å²) in [7, 11) is -2.52. The number of alkyl halides is 1. The fourth-order valence-corrected chi connectivity index (χ4v) is 16.1. The molecule has 0 N–H and O–H groups in total. The van der Waals surface area contributed by atoms with Crippen molar-refractivity contribution in [2.75, 3.05) is 12.5 Å². The first-order valence-corrected chi connectivity index (χ1v) is 21.9. The normalized spacial score (nSPS) is 29.2. The molecule has 0 spiro atoms. The van der Waals surface area contributed by atoms with Gasteiger partial charge in [0, 0.05) is 5.88 Å². The van der Waals surface area contributed by atoms with E-state index < -0.39 is 8.32 Å². The average Bonchev–Trinajstić information content (AvgIpc) is 3.05. The minimum atomic E-state index is -2.52. The third-order valence-corrected chi connectivity index (χ3v) is 19.3. The summed E-state index contributed by atoms with van der Waals surface area (Å²) < 4.78 is 7.13. The Balaban J connectivity index is 1.22. The Bertz CT molecular complexity index is 1440. The van der Waals surface area contributed by atoms with Gasteiger partial charge < -0.3 is 4.43 Å². The molecular formula is C46H67ClOSi. The summed E-state index contributed by atoms with van der Waals surface area (Å²) in [6.07, 6.45) is 20.2. The van der Waals surface area contributed by atoms with Gasteiger partial charge in [-0.2, -0.15) is 0 Å². The van der Waals surface area contributed by atoms with Gasteiger partial charge in [0.25, 0.3) is 8.32 Å². The molecule has 1 nitrogen and oxygen atoms in total. The summed E-state index contributed by atoms with van der Waals surface area (Å²) in [6.45, 7) is 22.9. The number of benzene rings is 2. The number of halogens is 1. The monoisotopic (exact) mass is 698 g/mol. The van der Waals surface area contributed by atoms with Crippen molar-refractivity contribution in [1.82, 2.24) is 0 Å². The summed E-state index contributed by atoms with van der Waals surface area (Å²) >= 11 is 6.63. The molecular weight excluding hydrogens is 632 g/mol. The van der Waals surface area contributed by atoms with Crippen LogP contribution >= 0.6 is 11.6 Å². The molecule has 5 rings (SSSR count). The number of fused-ring (bicyclic) bond motifs is 3.